The summed E-state index contributed by atoms with van der Waals surface area (Å²) in [6, 6.07) is 0. The Kier molecular flexibility index (Phi) is 3.50. The SMILES string of the molecule is CC1=CC(C)CC(CNCC2CC2C)C1. The Balaban J connectivity index is 1.65. The molecule has 1 nitrogen and oxygen atoms in total. The third-order valence-corrected chi connectivity index (χ3v) is 4.00. The molecule has 86 valence electrons. The average Bonchev–Trinajstić information content (AvgIpc) is 2.80. The normalized spacial score (nSPS) is 40.1. The van der Waals surface area contributed by atoms with Crippen molar-refractivity contribution in [2.75, 3.05) is 13.1 Å². The maximum absolute atomic E-state index is 3.66. The van der Waals surface area contributed by atoms with E-state index in [1.54, 1.807) is 5.57 Å². The maximum Gasteiger partial charge on any atom is -0.00171 e. The van der Waals surface area contributed by atoms with Crippen LogP contribution in [-0.4, -0.2) is 13.1 Å². The molecule has 4 unspecified atom stereocenters. The van der Waals surface area contributed by atoms with Gasteiger partial charge in [-0.25, -0.2) is 0 Å². The van der Waals surface area contributed by atoms with Crippen LogP contribution in [0.2, 0.25) is 0 Å². The highest BCUT2D eigenvalue weighted by Gasteiger charge is 2.31. The van der Waals surface area contributed by atoms with Crippen LogP contribution < -0.4 is 5.32 Å². The molecule has 0 aromatic carbocycles. The second-order valence-electron chi connectivity index (χ2n) is 5.93. The molecule has 0 aliphatic heterocycles. The Labute approximate surface area is 94.3 Å². The van der Waals surface area contributed by atoms with Crippen molar-refractivity contribution in [1.82, 2.24) is 5.32 Å². The van der Waals surface area contributed by atoms with Crippen molar-refractivity contribution in [1.29, 1.82) is 0 Å². The van der Waals surface area contributed by atoms with Crippen LogP contribution in [0.4, 0.5) is 0 Å². The first kappa shape index (κ1) is 11.2. The molecule has 2 rings (SSSR count). The molecule has 1 saturated carbocycles. The van der Waals surface area contributed by atoms with E-state index in [1.165, 1.54) is 32.4 Å². The predicted molar refractivity (Wildman–Crippen MR) is 65.8 cm³/mol. The quantitative estimate of drug-likeness (QED) is 0.698. The standard InChI is InChI=1S/C14H25N/c1-10-4-11(2)6-13(5-10)8-15-9-14-7-12(14)3/h4,10,12-15H,5-9H2,1-3H3. The molecule has 0 bridgehead atoms. The topological polar surface area (TPSA) is 12.0 Å². The number of hydrogen-bond acceptors (Lipinski definition) is 1. The van der Waals surface area contributed by atoms with Crippen LogP contribution >= 0.6 is 0 Å². The van der Waals surface area contributed by atoms with Crippen LogP contribution in [0.3, 0.4) is 0 Å². The van der Waals surface area contributed by atoms with E-state index in [4.69, 9.17) is 0 Å². The molecule has 0 radical (unpaired) electrons. The van der Waals surface area contributed by atoms with Gasteiger partial charge in [0, 0.05) is 0 Å². The summed E-state index contributed by atoms with van der Waals surface area (Å²) in [5.41, 5.74) is 1.60. The van der Waals surface area contributed by atoms with Gasteiger partial charge < -0.3 is 5.32 Å². The van der Waals surface area contributed by atoms with E-state index < -0.39 is 0 Å². The van der Waals surface area contributed by atoms with Gasteiger partial charge in [0.1, 0.15) is 0 Å². The lowest BCUT2D eigenvalue weighted by molar-refractivity contribution is 0.378. The number of hydrogen-bond donors (Lipinski definition) is 1. The van der Waals surface area contributed by atoms with E-state index >= 15 is 0 Å². The van der Waals surface area contributed by atoms with Gasteiger partial charge in [-0.05, 0) is 62.9 Å². The Hall–Kier alpha value is -0.300. The molecule has 15 heavy (non-hydrogen) atoms. The number of rotatable bonds is 4. The van der Waals surface area contributed by atoms with Crippen LogP contribution in [0.25, 0.3) is 0 Å². The molecule has 1 heteroatoms. The molecule has 1 fully saturated rings. The smallest absolute Gasteiger partial charge is 0.00171 e. The Morgan fingerprint density at radius 2 is 2.00 bits per heavy atom. The third-order valence-electron chi connectivity index (χ3n) is 4.00. The maximum atomic E-state index is 3.66. The fraction of sp³-hybridized carbons (Fsp3) is 0.857. The minimum Gasteiger partial charge on any atom is -0.316 e. The molecule has 0 heterocycles. The first-order chi connectivity index (χ1) is 7.15. The summed E-state index contributed by atoms with van der Waals surface area (Å²) in [7, 11) is 0. The van der Waals surface area contributed by atoms with Crippen molar-refractivity contribution in [3.63, 3.8) is 0 Å². The molecule has 4 atom stereocenters. The summed E-state index contributed by atoms with van der Waals surface area (Å²) < 4.78 is 0. The van der Waals surface area contributed by atoms with E-state index in [0.717, 1.165) is 23.7 Å². The van der Waals surface area contributed by atoms with Crippen LogP contribution in [0.1, 0.15) is 40.0 Å². The second kappa shape index (κ2) is 4.69. The zero-order valence-electron chi connectivity index (χ0n) is 10.4. The van der Waals surface area contributed by atoms with Gasteiger partial charge >= 0.3 is 0 Å². The molecule has 0 aromatic heterocycles. The van der Waals surface area contributed by atoms with E-state index in [0.29, 0.717) is 0 Å². The molecule has 0 spiro atoms. The van der Waals surface area contributed by atoms with E-state index in [2.05, 4.69) is 32.2 Å². The summed E-state index contributed by atoms with van der Waals surface area (Å²) in [5, 5.41) is 3.66. The highest BCUT2D eigenvalue weighted by atomic mass is 14.9. The van der Waals surface area contributed by atoms with Gasteiger partial charge in [0.2, 0.25) is 0 Å². The molecule has 2 aliphatic rings. The Morgan fingerprint density at radius 1 is 1.27 bits per heavy atom. The number of allylic oxidation sites excluding steroid dienone is 2. The van der Waals surface area contributed by atoms with Crippen molar-refractivity contribution in [3.8, 4) is 0 Å². The molecule has 0 saturated heterocycles. The predicted octanol–water partition coefficient (Wildman–Crippen LogP) is 3.22. The summed E-state index contributed by atoms with van der Waals surface area (Å²) >= 11 is 0. The van der Waals surface area contributed by atoms with Crippen LogP contribution in [0, 0.1) is 23.7 Å². The van der Waals surface area contributed by atoms with Crippen LogP contribution in [0.5, 0.6) is 0 Å². The molecule has 1 N–H and O–H groups in total. The van der Waals surface area contributed by atoms with E-state index in [9.17, 15) is 0 Å². The summed E-state index contributed by atoms with van der Waals surface area (Å²) in [6.07, 6.45) is 6.59. The highest BCUT2D eigenvalue weighted by Crippen LogP contribution is 2.37. The van der Waals surface area contributed by atoms with Crippen molar-refractivity contribution >= 4 is 0 Å². The Bertz CT molecular complexity index is 244. The first-order valence-electron chi connectivity index (χ1n) is 6.53. The van der Waals surface area contributed by atoms with Crippen LogP contribution in [0.15, 0.2) is 11.6 Å². The van der Waals surface area contributed by atoms with E-state index in [-0.39, 0.29) is 0 Å². The average molecular weight is 207 g/mol. The molecule has 0 amide bonds. The van der Waals surface area contributed by atoms with Crippen molar-refractivity contribution in [3.05, 3.63) is 11.6 Å². The summed E-state index contributed by atoms with van der Waals surface area (Å²) in [6.45, 7) is 9.49. The molecular formula is C14H25N. The minimum atomic E-state index is 0.797. The lowest BCUT2D eigenvalue weighted by atomic mass is 9.84. The molecule has 0 aromatic rings. The zero-order valence-corrected chi connectivity index (χ0v) is 10.4. The van der Waals surface area contributed by atoms with Gasteiger partial charge in [-0.15, -0.1) is 0 Å². The van der Waals surface area contributed by atoms with Gasteiger partial charge in [-0.1, -0.05) is 25.5 Å². The van der Waals surface area contributed by atoms with Gasteiger partial charge in [0.25, 0.3) is 0 Å². The molecular weight excluding hydrogens is 182 g/mol. The second-order valence-corrected chi connectivity index (χ2v) is 5.93. The largest absolute Gasteiger partial charge is 0.316 e. The fourth-order valence-corrected chi connectivity index (χ4v) is 3.00. The van der Waals surface area contributed by atoms with Crippen molar-refractivity contribution < 1.29 is 0 Å². The van der Waals surface area contributed by atoms with Gasteiger partial charge in [0.05, 0.1) is 0 Å². The first-order valence-corrected chi connectivity index (χ1v) is 6.53. The lowest BCUT2D eigenvalue weighted by Crippen LogP contribution is -2.27. The van der Waals surface area contributed by atoms with E-state index in [1.807, 2.05) is 0 Å². The van der Waals surface area contributed by atoms with Gasteiger partial charge in [-0.2, -0.15) is 0 Å². The molecule has 2 aliphatic carbocycles. The van der Waals surface area contributed by atoms with Crippen molar-refractivity contribution in [2.24, 2.45) is 23.7 Å². The van der Waals surface area contributed by atoms with Crippen molar-refractivity contribution in [2.45, 2.75) is 40.0 Å². The zero-order chi connectivity index (χ0) is 10.8. The van der Waals surface area contributed by atoms with Gasteiger partial charge in [-0.3, -0.25) is 0 Å². The van der Waals surface area contributed by atoms with Crippen LogP contribution in [-0.2, 0) is 0 Å². The highest BCUT2D eigenvalue weighted by molar-refractivity contribution is 5.06. The fourth-order valence-electron chi connectivity index (χ4n) is 3.00. The monoisotopic (exact) mass is 207 g/mol. The summed E-state index contributed by atoms with van der Waals surface area (Å²) in [4.78, 5) is 0. The minimum absolute atomic E-state index is 0.797. The van der Waals surface area contributed by atoms with Gasteiger partial charge in [0.15, 0.2) is 0 Å². The Morgan fingerprint density at radius 3 is 2.60 bits per heavy atom. The number of nitrogens with one attached hydrogen (secondary N) is 1. The third kappa shape index (κ3) is 3.34. The summed E-state index contributed by atoms with van der Waals surface area (Å²) in [5.74, 6) is 3.66. The lowest BCUT2D eigenvalue weighted by Gasteiger charge is -2.25.